The van der Waals surface area contributed by atoms with Gasteiger partial charge in [-0.1, -0.05) is 45.0 Å². The van der Waals surface area contributed by atoms with Crippen molar-refractivity contribution in [3.05, 3.63) is 35.4 Å². The van der Waals surface area contributed by atoms with Crippen LogP contribution in [0.2, 0.25) is 0 Å². The lowest BCUT2D eigenvalue weighted by Gasteiger charge is -2.23. The van der Waals surface area contributed by atoms with Gasteiger partial charge in [0, 0.05) is 13.1 Å². The number of nitrogens with zero attached hydrogens (tertiary/aromatic N) is 2. The molecule has 1 aliphatic rings. The van der Waals surface area contributed by atoms with Gasteiger partial charge < -0.3 is 16.4 Å². The molecule has 148 valence electrons. The second kappa shape index (κ2) is 8.88. The molecular formula is C20H31N5O2. The molecule has 2 rings (SSSR count). The van der Waals surface area contributed by atoms with E-state index >= 15 is 0 Å². The molecule has 1 aromatic rings. The molecule has 1 unspecified atom stereocenters. The number of urea groups is 1. The molecule has 7 heteroatoms. The van der Waals surface area contributed by atoms with Crippen molar-refractivity contribution in [1.82, 2.24) is 15.5 Å². The van der Waals surface area contributed by atoms with Gasteiger partial charge >= 0.3 is 6.03 Å². The number of amides is 3. The van der Waals surface area contributed by atoms with Gasteiger partial charge in [0.1, 0.15) is 5.54 Å². The summed E-state index contributed by atoms with van der Waals surface area (Å²) in [4.78, 5) is 30.5. The van der Waals surface area contributed by atoms with Crippen LogP contribution in [-0.4, -0.2) is 34.9 Å². The van der Waals surface area contributed by atoms with Crippen molar-refractivity contribution < 1.29 is 9.59 Å². The van der Waals surface area contributed by atoms with Crippen LogP contribution in [0.4, 0.5) is 4.79 Å². The molecule has 1 heterocycles. The molecule has 0 aliphatic carbocycles. The molecule has 0 spiro atoms. The van der Waals surface area contributed by atoms with Crippen molar-refractivity contribution in [3.63, 3.8) is 0 Å². The van der Waals surface area contributed by atoms with Gasteiger partial charge in [-0.3, -0.25) is 9.69 Å². The smallest absolute Gasteiger partial charge is 0.315 e. The number of nitrogens with two attached hydrogens (primary N) is 1. The molecule has 1 aromatic carbocycles. The largest absolute Gasteiger partial charge is 0.369 e. The van der Waals surface area contributed by atoms with Gasteiger partial charge in [-0.2, -0.15) is 0 Å². The minimum atomic E-state index is -0.783. The number of carbonyl (C=O) groups is 2. The third kappa shape index (κ3) is 5.45. The Morgan fingerprint density at radius 2 is 2.00 bits per heavy atom. The fraction of sp³-hybridized carbons (Fsp3) is 0.550. The highest BCUT2D eigenvalue weighted by Gasteiger charge is 2.43. The fourth-order valence-electron chi connectivity index (χ4n) is 3.34. The molecule has 0 saturated carbocycles. The molecule has 0 bridgehead atoms. The zero-order chi connectivity index (χ0) is 20.0. The van der Waals surface area contributed by atoms with E-state index in [-0.39, 0.29) is 17.9 Å². The SMILES string of the molecule is CCCNC(=O)NCc1cccc(CN2C(=O)C(C)(CC(C)C)N=C2N)c1. The fourth-order valence-corrected chi connectivity index (χ4v) is 3.34. The minimum Gasteiger partial charge on any atom is -0.369 e. The van der Waals surface area contributed by atoms with E-state index in [9.17, 15) is 9.59 Å². The summed E-state index contributed by atoms with van der Waals surface area (Å²) in [6, 6.07) is 7.59. The van der Waals surface area contributed by atoms with Gasteiger partial charge in [0.15, 0.2) is 5.96 Å². The average Bonchev–Trinajstić information content (AvgIpc) is 2.80. The van der Waals surface area contributed by atoms with Crippen molar-refractivity contribution in [1.29, 1.82) is 0 Å². The second-order valence-corrected chi connectivity index (χ2v) is 7.66. The molecule has 27 heavy (non-hydrogen) atoms. The van der Waals surface area contributed by atoms with E-state index in [1.807, 2.05) is 38.1 Å². The second-order valence-electron chi connectivity index (χ2n) is 7.66. The predicted molar refractivity (Wildman–Crippen MR) is 107 cm³/mol. The summed E-state index contributed by atoms with van der Waals surface area (Å²) in [6.07, 6.45) is 1.56. The van der Waals surface area contributed by atoms with Crippen molar-refractivity contribution in [2.45, 2.75) is 59.2 Å². The van der Waals surface area contributed by atoms with E-state index < -0.39 is 5.54 Å². The molecule has 3 amide bonds. The maximum Gasteiger partial charge on any atom is 0.315 e. The summed E-state index contributed by atoms with van der Waals surface area (Å²) in [5, 5.41) is 5.60. The number of hydrogen-bond donors (Lipinski definition) is 3. The molecule has 7 nitrogen and oxygen atoms in total. The summed E-state index contributed by atoms with van der Waals surface area (Å²) >= 11 is 0. The number of aliphatic imine (C=N–C) groups is 1. The van der Waals surface area contributed by atoms with Crippen LogP contribution in [0.1, 0.15) is 51.7 Å². The number of benzene rings is 1. The van der Waals surface area contributed by atoms with Crippen LogP contribution >= 0.6 is 0 Å². The third-order valence-electron chi connectivity index (χ3n) is 4.47. The van der Waals surface area contributed by atoms with Crippen molar-refractivity contribution in [2.24, 2.45) is 16.6 Å². The molecule has 0 fully saturated rings. The Bertz CT molecular complexity index is 716. The first kappa shape index (κ1) is 20.7. The molecular weight excluding hydrogens is 342 g/mol. The van der Waals surface area contributed by atoms with E-state index in [1.165, 1.54) is 0 Å². The minimum absolute atomic E-state index is 0.0591. The number of nitrogens with one attached hydrogen (secondary N) is 2. The van der Waals surface area contributed by atoms with Crippen LogP contribution < -0.4 is 16.4 Å². The van der Waals surface area contributed by atoms with Crippen molar-refractivity contribution in [3.8, 4) is 0 Å². The van der Waals surface area contributed by atoms with Crippen LogP contribution in [0.5, 0.6) is 0 Å². The average molecular weight is 374 g/mol. The molecule has 0 radical (unpaired) electrons. The Morgan fingerprint density at radius 1 is 1.30 bits per heavy atom. The zero-order valence-electron chi connectivity index (χ0n) is 16.7. The van der Waals surface area contributed by atoms with Crippen LogP contribution in [0.25, 0.3) is 0 Å². The molecule has 0 aromatic heterocycles. The van der Waals surface area contributed by atoms with E-state index in [0.717, 1.165) is 17.5 Å². The van der Waals surface area contributed by atoms with Crippen LogP contribution in [0.15, 0.2) is 29.3 Å². The van der Waals surface area contributed by atoms with E-state index in [1.54, 1.807) is 4.90 Å². The molecule has 0 saturated heterocycles. The highest BCUT2D eigenvalue weighted by molar-refractivity contribution is 6.06. The quantitative estimate of drug-likeness (QED) is 0.652. The first-order chi connectivity index (χ1) is 12.7. The Hall–Kier alpha value is -2.57. The monoisotopic (exact) mass is 373 g/mol. The van der Waals surface area contributed by atoms with E-state index in [2.05, 4.69) is 29.5 Å². The Kier molecular flexibility index (Phi) is 6.82. The zero-order valence-corrected chi connectivity index (χ0v) is 16.7. The summed E-state index contributed by atoms with van der Waals surface area (Å²) in [5.74, 6) is 0.561. The summed E-state index contributed by atoms with van der Waals surface area (Å²) < 4.78 is 0. The topological polar surface area (TPSA) is 99.8 Å². The maximum atomic E-state index is 12.8. The molecule has 1 aliphatic heterocycles. The number of hydrogen-bond acceptors (Lipinski definition) is 4. The highest BCUT2D eigenvalue weighted by Crippen LogP contribution is 2.29. The summed E-state index contributed by atoms with van der Waals surface area (Å²) in [6.45, 7) is 9.43. The standard InChI is InChI=1S/C20H31N5O2/c1-5-9-22-19(27)23-12-15-7-6-8-16(10-15)13-25-17(26)20(4,11-14(2)3)24-18(25)21/h6-8,10,14H,5,9,11-13H2,1-4H3,(H2,21,24)(H2,22,23,27). The van der Waals surface area contributed by atoms with Gasteiger partial charge in [0.05, 0.1) is 6.54 Å². The normalized spacial score (nSPS) is 19.4. The van der Waals surface area contributed by atoms with E-state index in [4.69, 9.17) is 5.73 Å². The van der Waals surface area contributed by atoms with Gasteiger partial charge in [-0.15, -0.1) is 0 Å². The van der Waals surface area contributed by atoms with Crippen LogP contribution in [0.3, 0.4) is 0 Å². The van der Waals surface area contributed by atoms with Crippen molar-refractivity contribution in [2.75, 3.05) is 6.54 Å². The maximum absolute atomic E-state index is 12.8. The number of rotatable bonds is 8. The van der Waals surface area contributed by atoms with Crippen molar-refractivity contribution >= 4 is 17.9 Å². The lowest BCUT2D eigenvalue weighted by Crippen LogP contribution is -2.43. The van der Waals surface area contributed by atoms with Gasteiger partial charge in [0.2, 0.25) is 0 Å². The summed E-state index contributed by atoms with van der Waals surface area (Å²) in [7, 11) is 0. The Morgan fingerprint density at radius 3 is 2.67 bits per heavy atom. The lowest BCUT2D eigenvalue weighted by molar-refractivity contribution is -0.131. The number of guanidine groups is 1. The molecule has 4 N–H and O–H groups in total. The van der Waals surface area contributed by atoms with Crippen LogP contribution in [0, 0.1) is 5.92 Å². The summed E-state index contributed by atoms with van der Waals surface area (Å²) in [5.41, 5.74) is 7.17. The predicted octanol–water partition coefficient (Wildman–Crippen LogP) is 2.36. The Labute approximate surface area is 161 Å². The van der Waals surface area contributed by atoms with Crippen LogP contribution in [-0.2, 0) is 17.9 Å². The lowest BCUT2D eigenvalue weighted by atomic mass is 9.91. The Balaban J connectivity index is 2.01. The highest BCUT2D eigenvalue weighted by atomic mass is 16.2. The van der Waals surface area contributed by atoms with Gasteiger partial charge in [-0.05, 0) is 36.8 Å². The molecule has 1 atom stereocenters. The van der Waals surface area contributed by atoms with Gasteiger partial charge in [0.25, 0.3) is 5.91 Å². The third-order valence-corrected chi connectivity index (χ3v) is 4.47. The van der Waals surface area contributed by atoms with Gasteiger partial charge in [-0.25, -0.2) is 9.79 Å². The van der Waals surface area contributed by atoms with E-state index in [0.29, 0.717) is 32.0 Å². The number of carbonyl (C=O) groups excluding carboxylic acids is 2. The first-order valence-corrected chi connectivity index (χ1v) is 9.52. The first-order valence-electron chi connectivity index (χ1n) is 9.52.